The number of benzene rings is 1. The van der Waals surface area contributed by atoms with Crippen LogP contribution < -0.4 is 16.0 Å². The van der Waals surface area contributed by atoms with Crippen LogP contribution in [0.5, 0.6) is 0 Å². The van der Waals surface area contributed by atoms with Crippen LogP contribution in [0.15, 0.2) is 48.4 Å². The van der Waals surface area contributed by atoms with Crippen LogP contribution in [0.3, 0.4) is 0 Å². The predicted octanol–water partition coefficient (Wildman–Crippen LogP) is 4.07. The molecule has 0 amide bonds. The first kappa shape index (κ1) is 25.9. The SMILES string of the molecule is c1cc2c([nH]1)CNCC2.c1ccc2c(c1)CCNC2.c1nc2c([nH]1)CNCC2.c1nc2c(s1)CCCC2. The van der Waals surface area contributed by atoms with Crippen LogP contribution in [0.1, 0.15) is 57.2 Å². The Morgan fingerprint density at radius 1 is 0.622 bits per heavy atom. The normalized spacial score (nSPS) is 17.1. The van der Waals surface area contributed by atoms with Crippen molar-refractivity contribution < 1.29 is 0 Å². The summed E-state index contributed by atoms with van der Waals surface area (Å²) in [6.45, 7) is 6.35. The lowest BCUT2D eigenvalue weighted by molar-refractivity contribution is 0.627. The van der Waals surface area contributed by atoms with Gasteiger partial charge in [0, 0.05) is 49.4 Å². The van der Waals surface area contributed by atoms with Crippen molar-refractivity contribution in [2.75, 3.05) is 19.6 Å². The summed E-state index contributed by atoms with van der Waals surface area (Å²) >= 11 is 1.81. The Balaban J connectivity index is 0.000000101. The van der Waals surface area contributed by atoms with E-state index in [1.54, 1.807) is 6.33 Å². The van der Waals surface area contributed by atoms with E-state index in [0.29, 0.717) is 0 Å². The number of nitrogens with zero attached hydrogens (tertiary/aromatic N) is 2. The summed E-state index contributed by atoms with van der Waals surface area (Å²) in [6.07, 6.45) is 12.4. The highest BCUT2D eigenvalue weighted by Crippen LogP contribution is 2.22. The van der Waals surface area contributed by atoms with Crippen molar-refractivity contribution in [3.05, 3.63) is 92.7 Å². The van der Waals surface area contributed by atoms with Crippen LogP contribution in [-0.2, 0) is 51.7 Å². The van der Waals surface area contributed by atoms with E-state index in [9.17, 15) is 0 Å². The number of fused-ring (bicyclic) bond motifs is 4. The molecule has 0 unspecified atom stereocenters. The molecule has 6 heterocycles. The van der Waals surface area contributed by atoms with Crippen LogP contribution in [0, 0.1) is 0 Å². The van der Waals surface area contributed by atoms with Crippen molar-refractivity contribution in [1.82, 2.24) is 35.9 Å². The maximum absolute atomic E-state index is 4.28. The van der Waals surface area contributed by atoms with Crippen molar-refractivity contribution in [1.29, 1.82) is 0 Å². The van der Waals surface area contributed by atoms with Crippen LogP contribution in [0.4, 0.5) is 0 Å². The molecule has 3 aromatic heterocycles. The van der Waals surface area contributed by atoms with Crippen molar-refractivity contribution in [3.8, 4) is 0 Å². The average molecular weight is 518 g/mol. The third-order valence-electron chi connectivity index (χ3n) is 7.25. The fourth-order valence-electron chi connectivity index (χ4n) is 5.11. The molecule has 0 bridgehead atoms. The van der Waals surface area contributed by atoms with Gasteiger partial charge in [-0.25, -0.2) is 9.97 Å². The summed E-state index contributed by atoms with van der Waals surface area (Å²) < 4.78 is 0. The summed E-state index contributed by atoms with van der Waals surface area (Å²) in [5.41, 5.74) is 11.6. The van der Waals surface area contributed by atoms with Gasteiger partial charge in [-0.1, -0.05) is 24.3 Å². The lowest BCUT2D eigenvalue weighted by Crippen LogP contribution is -2.23. The average Bonchev–Trinajstić information content (AvgIpc) is 3.75. The first-order valence-electron chi connectivity index (χ1n) is 13.6. The number of hydrogen-bond acceptors (Lipinski definition) is 6. The molecule has 4 aromatic rings. The molecule has 37 heavy (non-hydrogen) atoms. The standard InChI is InChI=1S/C9H11N.C7H10N2.C7H9NS.C6H9N3/c1-2-4-9-7-10-6-5-8(9)3-1;1-3-8-5-7-6(1)2-4-9-7;1-2-4-7-6(3-1)8-5-9-7;1-2-7-3-6-5(1)8-4-9-6/h1-4,10H,5-7H2;2,4,8-9H,1,3,5H2;5H,1-4H2;4,7H,1-3H2,(H,8,9). The fourth-order valence-corrected chi connectivity index (χ4v) is 5.97. The molecule has 1 aromatic carbocycles. The van der Waals surface area contributed by atoms with E-state index >= 15 is 0 Å². The summed E-state index contributed by atoms with van der Waals surface area (Å²) in [5.74, 6) is 0. The Labute approximate surface area is 223 Å². The molecule has 0 saturated carbocycles. The summed E-state index contributed by atoms with van der Waals surface area (Å²) in [4.78, 5) is 16.2. The number of hydrogen-bond donors (Lipinski definition) is 5. The Morgan fingerprint density at radius 2 is 1.38 bits per heavy atom. The maximum atomic E-state index is 4.28. The van der Waals surface area contributed by atoms with Gasteiger partial charge >= 0.3 is 0 Å². The second kappa shape index (κ2) is 13.7. The topological polar surface area (TPSA) is 93.5 Å². The number of aromatic amines is 2. The van der Waals surface area contributed by atoms with Crippen LogP contribution in [-0.4, -0.2) is 39.6 Å². The van der Waals surface area contributed by atoms with E-state index in [0.717, 1.165) is 45.7 Å². The molecule has 1 aliphatic carbocycles. The largest absolute Gasteiger partial charge is 0.364 e. The molecule has 8 heteroatoms. The van der Waals surface area contributed by atoms with E-state index < -0.39 is 0 Å². The molecule has 7 nitrogen and oxygen atoms in total. The van der Waals surface area contributed by atoms with Crippen molar-refractivity contribution in [2.45, 2.75) is 64.6 Å². The van der Waals surface area contributed by atoms with Gasteiger partial charge in [0.15, 0.2) is 0 Å². The highest BCUT2D eigenvalue weighted by molar-refractivity contribution is 7.09. The molecule has 4 aliphatic rings. The lowest BCUT2D eigenvalue weighted by Gasteiger charge is -2.15. The van der Waals surface area contributed by atoms with Gasteiger partial charge < -0.3 is 25.9 Å². The number of thiazole rings is 1. The Hall–Kier alpha value is -2.78. The quantitative estimate of drug-likeness (QED) is 0.243. The van der Waals surface area contributed by atoms with Gasteiger partial charge in [0.25, 0.3) is 0 Å². The van der Waals surface area contributed by atoms with Crippen LogP contribution >= 0.6 is 11.3 Å². The zero-order valence-electron chi connectivity index (χ0n) is 21.6. The van der Waals surface area contributed by atoms with Gasteiger partial charge in [-0.15, -0.1) is 11.3 Å². The van der Waals surface area contributed by atoms with Gasteiger partial charge in [0.05, 0.1) is 28.9 Å². The molecular formula is C29H39N7S. The first-order chi connectivity index (χ1) is 18.4. The molecule has 0 saturated heterocycles. The lowest BCUT2D eigenvalue weighted by atomic mass is 10.0. The number of aromatic nitrogens is 4. The summed E-state index contributed by atoms with van der Waals surface area (Å²) in [6, 6.07) is 10.8. The van der Waals surface area contributed by atoms with E-state index in [2.05, 4.69) is 66.2 Å². The third kappa shape index (κ3) is 7.38. The summed E-state index contributed by atoms with van der Waals surface area (Å²) in [7, 11) is 0. The molecule has 196 valence electrons. The number of imidazole rings is 1. The highest BCUT2D eigenvalue weighted by atomic mass is 32.1. The first-order valence-corrected chi connectivity index (χ1v) is 14.5. The number of H-pyrrole nitrogens is 2. The smallest absolute Gasteiger partial charge is 0.0925 e. The number of nitrogens with one attached hydrogen (secondary N) is 5. The Kier molecular flexibility index (Phi) is 9.55. The monoisotopic (exact) mass is 517 g/mol. The minimum atomic E-state index is 0.954. The molecular weight excluding hydrogens is 478 g/mol. The molecule has 0 fully saturated rings. The second-order valence-corrected chi connectivity index (χ2v) is 10.7. The highest BCUT2D eigenvalue weighted by Gasteiger charge is 2.10. The summed E-state index contributed by atoms with van der Waals surface area (Å²) in [5, 5.41) is 9.89. The predicted molar refractivity (Wildman–Crippen MR) is 151 cm³/mol. The maximum Gasteiger partial charge on any atom is 0.0925 e. The van der Waals surface area contributed by atoms with E-state index in [4.69, 9.17) is 0 Å². The number of aryl methyl sites for hydroxylation is 2. The van der Waals surface area contributed by atoms with Crippen molar-refractivity contribution in [2.24, 2.45) is 0 Å². The Bertz CT molecular complexity index is 1030. The van der Waals surface area contributed by atoms with Gasteiger partial charge in [-0.05, 0) is 74.4 Å². The zero-order valence-corrected chi connectivity index (χ0v) is 22.4. The van der Waals surface area contributed by atoms with Gasteiger partial charge in [0.1, 0.15) is 0 Å². The van der Waals surface area contributed by atoms with Crippen molar-refractivity contribution >= 4 is 11.3 Å². The minimum Gasteiger partial charge on any atom is -0.364 e. The minimum absolute atomic E-state index is 0.954. The van der Waals surface area contributed by atoms with E-state index in [-0.39, 0.29) is 0 Å². The van der Waals surface area contributed by atoms with Gasteiger partial charge in [0.2, 0.25) is 0 Å². The van der Waals surface area contributed by atoms with Crippen LogP contribution in [0.2, 0.25) is 0 Å². The fraction of sp³-hybridized carbons (Fsp3) is 0.448. The van der Waals surface area contributed by atoms with E-state index in [1.807, 2.05) is 23.0 Å². The van der Waals surface area contributed by atoms with Gasteiger partial charge in [-0.2, -0.15) is 0 Å². The van der Waals surface area contributed by atoms with Crippen molar-refractivity contribution in [3.63, 3.8) is 0 Å². The van der Waals surface area contributed by atoms with Gasteiger partial charge in [-0.3, -0.25) is 0 Å². The number of rotatable bonds is 0. The molecule has 5 N–H and O–H groups in total. The zero-order chi connectivity index (χ0) is 25.1. The second-order valence-electron chi connectivity index (χ2n) is 9.79. The van der Waals surface area contributed by atoms with E-state index in [1.165, 1.54) is 82.9 Å². The molecule has 0 spiro atoms. The van der Waals surface area contributed by atoms with Crippen LogP contribution in [0.25, 0.3) is 0 Å². The third-order valence-corrected chi connectivity index (χ3v) is 8.18. The Morgan fingerprint density at radius 3 is 2.19 bits per heavy atom. The molecule has 3 aliphatic heterocycles. The molecule has 0 atom stereocenters. The molecule has 0 radical (unpaired) electrons. The molecule has 8 rings (SSSR count).